The molecule has 11 aromatic rings. The van der Waals surface area contributed by atoms with Crippen LogP contribution in [0.2, 0.25) is 0 Å². The number of nitriles is 1. The highest BCUT2D eigenvalue weighted by Gasteiger charge is 2.20. The first-order valence-electron chi connectivity index (χ1n) is 18.3. The van der Waals surface area contributed by atoms with Crippen molar-refractivity contribution in [1.82, 2.24) is 13.7 Å². The number of rotatable bonds is 4. The van der Waals surface area contributed by atoms with Gasteiger partial charge in [-0.1, -0.05) is 103 Å². The minimum Gasteiger partial charge on any atom is -0.311 e. The first kappa shape index (κ1) is 30.7. The third-order valence-corrected chi connectivity index (χ3v) is 11.0. The van der Waals surface area contributed by atoms with Gasteiger partial charge < -0.3 is 13.7 Å². The zero-order valence-electron chi connectivity index (χ0n) is 29.5. The van der Waals surface area contributed by atoms with Crippen molar-refractivity contribution < 1.29 is 0 Å². The quantitative estimate of drug-likeness (QED) is 0.169. The molecule has 0 saturated heterocycles. The zero-order valence-corrected chi connectivity index (χ0v) is 29.5. The fourth-order valence-corrected chi connectivity index (χ4v) is 8.81. The molecule has 0 aliphatic carbocycles. The van der Waals surface area contributed by atoms with Crippen LogP contribution in [0.15, 0.2) is 176 Å². The summed E-state index contributed by atoms with van der Waals surface area (Å²) < 4.78 is 6.93. The van der Waals surface area contributed by atoms with Crippen LogP contribution in [0.4, 0.5) is 5.69 Å². The van der Waals surface area contributed by atoms with E-state index in [1.807, 2.05) is 36.4 Å². The van der Waals surface area contributed by atoms with E-state index in [2.05, 4.69) is 164 Å². The maximum Gasteiger partial charge on any atom is 0.197 e. The third kappa shape index (κ3) is 4.45. The van der Waals surface area contributed by atoms with Gasteiger partial charge in [-0.3, -0.25) is 0 Å². The van der Waals surface area contributed by atoms with E-state index in [0.717, 1.165) is 82.8 Å². The van der Waals surface area contributed by atoms with Gasteiger partial charge in [0.05, 0.1) is 51.5 Å². The van der Waals surface area contributed by atoms with Crippen LogP contribution < -0.4 is 0 Å². The highest BCUT2D eigenvalue weighted by molar-refractivity contribution is 6.17. The maximum atomic E-state index is 10.4. The van der Waals surface area contributed by atoms with Gasteiger partial charge in [0.2, 0.25) is 0 Å². The second-order valence-electron chi connectivity index (χ2n) is 14.0. The first-order valence-corrected chi connectivity index (χ1v) is 18.3. The van der Waals surface area contributed by atoms with E-state index < -0.39 is 0 Å². The summed E-state index contributed by atoms with van der Waals surface area (Å²) in [6.07, 6.45) is 0. The Balaban J connectivity index is 1.14. The van der Waals surface area contributed by atoms with E-state index in [0.29, 0.717) is 11.3 Å². The summed E-state index contributed by atoms with van der Waals surface area (Å²) in [5.74, 6) is 0. The highest BCUT2D eigenvalue weighted by Crippen LogP contribution is 2.42. The van der Waals surface area contributed by atoms with Crippen molar-refractivity contribution in [3.63, 3.8) is 0 Å². The summed E-state index contributed by atoms with van der Waals surface area (Å²) in [4.78, 5) is 3.87. The van der Waals surface area contributed by atoms with Gasteiger partial charge in [0.15, 0.2) is 5.69 Å². The zero-order chi connectivity index (χ0) is 36.6. The second-order valence-corrected chi connectivity index (χ2v) is 14.0. The van der Waals surface area contributed by atoms with Crippen LogP contribution in [0, 0.1) is 17.9 Å². The predicted molar refractivity (Wildman–Crippen MR) is 226 cm³/mol. The minimum absolute atomic E-state index is 0.584. The van der Waals surface area contributed by atoms with Crippen molar-refractivity contribution >= 4 is 71.1 Å². The van der Waals surface area contributed by atoms with E-state index in [1.54, 1.807) is 0 Å². The summed E-state index contributed by atoms with van der Waals surface area (Å²) >= 11 is 0. The van der Waals surface area contributed by atoms with Crippen LogP contribution in [0.3, 0.4) is 0 Å². The van der Waals surface area contributed by atoms with E-state index >= 15 is 0 Å². The minimum atomic E-state index is 0.584. The van der Waals surface area contributed by atoms with E-state index in [1.165, 1.54) is 10.8 Å². The summed E-state index contributed by atoms with van der Waals surface area (Å²) in [7, 11) is 0. The number of nitrogens with zero attached hydrogens (tertiary/aromatic N) is 5. The van der Waals surface area contributed by atoms with Crippen LogP contribution in [0.25, 0.3) is 98.5 Å². The predicted octanol–water partition coefficient (Wildman–Crippen LogP) is 13.1. The van der Waals surface area contributed by atoms with Crippen LogP contribution in [-0.2, 0) is 0 Å². The average molecular weight is 700 g/mol. The topological polar surface area (TPSA) is 42.9 Å². The largest absolute Gasteiger partial charge is 0.311 e. The van der Waals surface area contributed by atoms with Crippen molar-refractivity contribution in [3.8, 4) is 34.3 Å². The molecule has 0 unspecified atom stereocenters. The Hall–Kier alpha value is -7.86. The van der Waals surface area contributed by atoms with E-state index in [9.17, 15) is 5.26 Å². The molecular formula is C50H29N5. The fourth-order valence-electron chi connectivity index (χ4n) is 8.81. The lowest BCUT2D eigenvalue weighted by Gasteiger charge is -2.14. The normalized spacial score (nSPS) is 11.6. The van der Waals surface area contributed by atoms with Crippen molar-refractivity contribution in [2.24, 2.45) is 0 Å². The number of aromatic nitrogens is 3. The molecule has 0 N–H and O–H groups in total. The highest BCUT2D eigenvalue weighted by atomic mass is 15.0. The smallest absolute Gasteiger partial charge is 0.197 e. The molecule has 0 aliphatic rings. The molecule has 0 spiro atoms. The Morgan fingerprint density at radius 1 is 0.418 bits per heavy atom. The van der Waals surface area contributed by atoms with Crippen molar-refractivity contribution in [2.75, 3.05) is 0 Å². The molecule has 0 amide bonds. The molecule has 5 heteroatoms. The lowest BCUT2D eigenvalue weighted by molar-refractivity contribution is 1.16. The van der Waals surface area contributed by atoms with Gasteiger partial charge in [0.25, 0.3) is 0 Å². The van der Waals surface area contributed by atoms with Gasteiger partial charge in [-0.2, -0.15) is 5.26 Å². The lowest BCUT2D eigenvalue weighted by atomic mass is 10.0. The molecule has 55 heavy (non-hydrogen) atoms. The average Bonchev–Trinajstić information content (AvgIpc) is 3.89. The Morgan fingerprint density at radius 2 is 0.927 bits per heavy atom. The van der Waals surface area contributed by atoms with E-state index in [4.69, 9.17) is 6.57 Å². The molecule has 0 aliphatic heterocycles. The van der Waals surface area contributed by atoms with Gasteiger partial charge in [-0.15, -0.1) is 0 Å². The number of para-hydroxylation sites is 4. The molecule has 8 aromatic carbocycles. The van der Waals surface area contributed by atoms with Crippen LogP contribution in [-0.4, -0.2) is 13.7 Å². The Bertz CT molecular complexity index is 3420. The fraction of sp³-hybridized carbons (Fsp3) is 0. The first-order chi connectivity index (χ1) is 27.2. The molecule has 11 rings (SSSR count). The Kier molecular flexibility index (Phi) is 6.61. The molecule has 5 nitrogen and oxygen atoms in total. The van der Waals surface area contributed by atoms with Gasteiger partial charge >= 0.3 is 0 Å². The Labute approximate surface area is 316 Å². The summed E-state index contributed by atoms with van der Waals surface area (Å²) in [6, 6.07) is 63.6. The summed E-state index contributed by atoms with van der Waals surface area (Å²) in [6.45, 7) is 7.88. The molecular weight excluding hydrogens is 671 g/mol. The summed E-state index contributed by atoms with van der Waals surface area (Å²) in [5.41, 5.74) is 12.7. The molecule has 0 saturated carbocycles. The van der Waals surface area contributed by atoms with Crippen LogP contribution in [0.1, 0.15) is 5.56 Å². The standard InChI is InChI=1S/C50H29N5/c1-52-41-19-11-24-46-49(41)39-17-4-8-22-44(39)53(46)35-14-10-13-33(29-35)34-27-32(31-51)28-36(30-34)54-45-23-9-5-18-40(45)50-47(54)25-12-26-48(50)55-42-20-6-2-15-37(42)38-16-3-7-21-43(38)55/h2-30H. The molecule has 3 aromatic heterocycles. The molecule has 0 atom stereocenters. The maximum absolute atomic E-state index is 10.4. The molecule has 0 radical (unpaired) electrons. The van der Waals surface area contributed by atoms with Crippen LogP contribution >= 0.6 is 0 Å². The number of hydrogen-bond acceptors (Lipinski definition) is 1. The van der Waals surface area contributed by atoms with Crippen molar-refractivity contribution in [1.29, 1.82) is 5.26 Å². The molecule has 0 fully saturated rings. The SMILES string of the molecule is [C-]#[N+]c1cccc2c1c1ccccc1n2-c1cccc(-c2cc(C#N)cc(-n3c4ccccc4c4c(-n5c6ccccc6c6ccccc65)cccc43)c2)c1. The monoisotopic (exact) mass is 699 g/mol. The second kappa shape index (κ2) is 11.8. The van der Waals surface area contributed by atoms with Crippen molar-refractivity contribution in [3.05, 3.63) is 193 Å². The van der Waals surface area contributed by atoms with Gasteiger partial charge in [-0.25, -0.2) is 4.85 Å². The van der Waals surface area contributed by atoms with Gasteiger partial charge in [0, 0.05) is 43.8 Å². The number of benzene rings is 8. The van der Waals surface area contributed by atoms with Gasteiger partial charge in [-0.05, 0) is 89.3 Å². The van der Waals surface area contributed by atoms with E-state index in [-0.39, 0.29) is 0 Å². The van der Waals surface area contributed by atoms with Crippen LogP contribution in [0.5, 0.6) is 0 Å². The Morgan fingerprint density at radius 3 is 1.58 bits per heavy atom. The summed E-state index contributed by atoms with van der Waals surface area (Å²) in [5, 5.41) is 17.2. The third-order valence-electron chi connectivity index (χ3n) is 11.0. The lowest BCUT2D eigenvalue weighted by Crippen LogP contribution is -1.98. The van der Waals surface area contributed by atoms with Crippen molar-refractivity contribution in [2.45, 2.75) is 0 Å². The molecule has 254 valence electrons. The molecule has 0 bridgehead atoms. The number of hydrogen-bond donors (Lipinski definition) is 0. The number of fused-ring (bicyclic) bond motifs is 9. The molecule has 3 heterocycles. The van der Waals surface area contributed by atoms with Gasteiger partial charge in [0.1, 0.15) is 0 Å².